The standard InChI is InChI=1S/C7H6BrF2N3O2/c8-1-3-2-12-7(11)5(13(14)15)4(3)6(9)10/h2,6H,1H2,(H2,11,12). The summed E-state index contributed by atoms with van der Waals surface area (Å²) in [5.41, 5.74) is 3.75. The molecule has 5 nitrogen and oxygen atoms in total. The lowest BCUT2D eigenvalue weighted by molar-refractivity contribution is -0.385. The third-order valence-electron chi connectivity index (χ3n) is 1.75. The van der Waals surface area contributed by atoms with Gasteiger partial charge in [-0.25, -0.2) is 13.8 Å². The second-order valence-corrected chi connectivity index (χ2v) is 3.18. The Morgan fingerprint density at radius 3 is 2.67 bits per heavy atom. The molecule has 0 spiro atoms. The van der Waals surface area contributed by atoms with Gasteiger partial charge < -0.3 is 5.73 Å². The molecule has 1 heterocycles. The second-order valence-electron chi connectivity index (χ2n) is 2.62. The van der Waals surface area contributed by atoms with Gasteiger partial charge in [-0.2, -0.15) is 0 Å². The topological polar surface area (TPSA) is 82.0 Å². The predicted octanol–water partition coefficient (Wildman–Crippen LogP) is 2.40. The summed E-state index contributed by atoms with van der Waals surface area (Å²) in [4.78, 5) is 13.1. The van der Waals surface area contributed by atoms with Gasteiger partial charge in [-0.3, -0.25) is 10.1 Å². The Balaban J connectivity index is 3.51. The molecule has 82 valence electrons. The quantitative estimate of drug-likeness (QED) is 0.524. The number of hydrogen-bond acceptors (Lipinski definition) is 4. The van der Waals surface area contributed by atoms with E-state index in [1.54, 1.807) is 0 Å². The number of rotatable bonds is 3. The molecule has 0 fully saturated rings. The van der Waals surface area contributed by atoms with E-state index in [1.165, 1.54) is 0 Å². The fraction of sp³-hybridized carbons (Fsp3) is 0.286. The van der Waals surface area contributed by atoms with E-state index in [4.69, 9.17) is 5.73 Å². The lowest BCUT2D eigenvalue weighted by Gasteiger charge is -2.07. The Hall–Kier alpha value is -1.31. The number of nitrogen functional groups attached to an aromatic ring is 1. The second kappa shape index (κ2) is 4.47. The maximum atomic E-state index is 12.6. The minimum atomic E-state index is -2.96. The third kappa shape index (κ3) is 2.20. The summed E-state index contributed by atoms with van der Waals surface area (Å²) in [7, 11) is 0. The van der Waals surface area contributed by atoms with Crippen LogP contribution >= 0.6 is 15.9 Å². The Morgan fingerprint density at radius 1 is 1.67 bits per heavy atom. The van der Waals surface area contributed by atoms with Crippen molar-refractivity contribution in [2.45, 2.75) is 11.8 Å². The van der Waals surface area contributed by atoms with Crippen LogP contribution in [0, 0.1) is 10.1 Å². The van der Waals surface area contributed by atoms with Crippen molar-refractivity contribution < 1.29 is 13.7 Å². The number of nitro groups is 1. The van der Waals surface area contributed by atoms with Crippen LogP contribution in [0.4, 0.5) is 20.3 Å². The average Bonchev–Trinajstić information content (AvgIpc) is 2.16. The molecule has 0 bridgehead atoms. The third-order valence-corrected chi connectivity index (χ3v) is 2.35. The SMILES string of the molecule is Nc1ncc(CBr)c(C(F)F)c1[N+](=O)[O-]. The van der Waals surface area contributed by atoms with Crippen LogP contribution in [0.25, 0.3) is 0 Å². The smallest absolute Gasteiger partial charge is 0.320 e. The number of pyridine rings is 1. The number of alkyl halides is 3. The summed E-state index contributed by atoms with van der Waals surface area (Å²) in [6.45, 7) is 0. The van der Waals surface area contributed by atoms with Crippen molar-refractivity contribution in [1.82, 2.24) is 4.98 Å². The van der Waals surface area contributed by atoms with E-state index in [1.807, 2.05) is 0 Å². The molecule has 1 rings (SSSR count). The first-order valence-corrected chi connectivity index (χ1v) is 4.87. The molecule has 0 aliphatic rings. The first kappa shape index (κ1) is 11.8. The summed E-state index contributed by atoms with van der Waals surface area (Å²) >= 11 is 2.95. The predicted molar refractivity (Wildman–Crippen MR) is 52.9 cm³/mol. The number of halogens is 3. The molecule has 1 aromatic rings. The minimum absolute atomic E-state index is 0.0563. The first-order chi connectivity index (χ1) is 6.99. The molecule has 8 heteroatoms. The molecule has 0 aliphatic carbocycles. The molecule has 0 unspecified atom stereocenters. The van der Waals surface area contributed by atoms with E-state index in [0.29, 0.717) is 0 Å². The van der Waals surface area contributed by atoms with Crippen molar-refractivity contribution in [3.63, 3.8) is 0 Å². The Kier molecular flexibility index (Phi) is 3.51. The van der Waals surface area contributed by atoms with Crippen LogP contribution < -0.4 is 5.73 Å². The van der Waals surface area contributed by atoms with Gasteiger partial charge in [0.05, 0.1) is 4.92 Å². The molecule has 0 aliphatic heterocycles. The van der Waals surface area contributed by atoms with E-state index in [9.17, 15) is 18.9 Å². The van der Waals surface area contributed by atoms with E-state index in [0.717, 1.165) is 6.20 Å². The summed E-state index contributed by atoms with van der Waals surface area (Å²) < 4.78 is 25.2. The van der Waals surface area contributed by atoms with Gasteiger partial charge in [0.25, 0.3) is 6.43 Å². The molecule has 0 aromatic carbocycles. The monoisotopic (exact) mass is 281 g/mol. The summed E-state index contributed by atoms with van der Waals surface area (Å²) in [6.07, 6.45) is -1.86. The molecule has 2 N–H and O–H groups in total. The van der Waals surface area contributed by atoms with Crippen molar-refractivity contribution in [3.8, 4) is 0 Å². The van der Waals surface area contributed by atoms with Crippen molar-refractivity contribution >= 4 is 27.4 Å². The van der Waals surface area contributed by atoms with Gasteiger partial charge in [-0.15, -0.1) is 0 Å². The molecule has 0 radical (unpaired) electrons. The van der Waals surface area contributed by atoms with Crippen LogP contribution in [0.1, 0.15) is 17.6 Å². The Morgan fingerprint density at radius 2 is 2.27 bits per heavy atom. The lowest BCUT2D eigenvalue weighted by Crippen LogP contribution is -2.06. The first-order valence-electron chi connectivity index (χ1n) is 3.74. The summed E-state index contributed by atoms with van der Waals surface area (Å²) in [5, 5.41) is 10.6. The highest BCUT2D eigenvalue weighted by Gasteiger charge is 2.28. The highest BCUT2D eigenvalue weighted by atomic mass is 79.9. The van der Waals surface area contributed by atoms with Crippen LogP contribution in [-0.2, 0) is 5.33 Å². The van der Waals surface area contributed by atoms with Crippen LogP contribution in [0.3, 0.4) is 0 Å². The van der Waals surface area contributed by atoms with Crippen LogP contribution in [0.15, 0.2) is 6.20 Å². The van der Waals surface area contributed by atoms with Crippen LogP contribution in [-0.4, -0.2) is 9.91 Å². The normalized spacial score (nSPS) is 10.7. The molecule has 1 aromatic heterocycles. The van der Waals surface area contributed by atoms with Crippen molar-refractivity contribution in [2.24, 2.45) is 0 Å². The molecule has 0 saturated carbocycles. The van der Waals surface area contributed by atoms with Crippen LogP contribution in [0.5, 0.6) is 0 Å². The van der Waals surface area contributed by atoms with Crippen molar-refractivity contribution in [2.75, 3.05) is 5.73 Å². The van der Waals surface area contributed by atoms with Crippen molar-refractivity contribution in [3.05, 3.63) is 27.4 Å². The Labute approximate surface area is 91.6 Å². The van der Waals surface area contributed by atoms with Gasteiger partial charge in [-0.1, -0.05) is 15.9 Å². The zero-order valence-electron chi connectivity index (χ0n) is 7.28. The van der Waals surface area contributed by atoms with E-state index < -0.39 is 28.4 Å². The largest absolute Gasteiger partial charge is 0.378 e. The minimum Gasteiger partial charge on any atom is -0.378 e. The fourth-order valence-electron chi connectivity index (χ4n) is 1.11. The fourth-order valence-corrected chi connectivity index (χ4v) is 1.56. The Bertz CT molecular complexity index is 400. The van der Waals surface area contributed by atoms with Gasteiger partial charge >= 0.3 is 5.69 Å². The number of anilines is 1. The summed E-state index contributed by atoms with van der Waals surface area (Å²) in [6, 6.07) is 0. The number of aromatic nitrogens is 1. The average molecular weight is 282 g/mol. The number of nitrogens with zero attached hydrogens (tertiary/aromatic N) is 2. The van der Waals surface area contributed by atoms with Gasteiger partial charge in [-0.05, 0) is 5.56 Å². The molecule has 15 heavy (non-hydrogen) atoms. The van der Waals surface area contributed by atoms with Crippen molar-refractivity contribution in [1.29, 1.82) is 0 Å². The lowest BCUT2D eigenvalue weighted by atomic mass is 10.1. The highest BCUT2D eigenvalue weighted by Crippen LogP contribution is 2.35. The number of hydrogen-bond donors (Lipinski definition) is 1. The van der Waals surface area contributed by atoms with Gasteiger partial charge in [0.1, 0.15) is 5.56 Å². The molecule has 0 amide bonds. The molecular formula is C7H6BrF2N3O2. The zero-order valence-corrected chi connectivity index (χ0v) is 8.87. The van der Waals surface area contributed by atoms with Gasteiger partial charge in [0.2, 0.25) is 5.82 Å². The van der Waals surface area contributed by atoms with Crippen LogP contribution in [0.2, 0.25) is 0 Å². The molecule has 0 saturated heterocycles. The molecular weight excluding hydrogens is 276 g/mol. The zero-order chi connectivity index (χ0) is 11.6. The van der Waals surface area contributed by atoms with E-state index >= 15 is 0 Å². The maximum absolute atomic E-state index is 12.6. The maximum Gasteiger partial charge on any atom is 0.320 e. The number of nitrogens with two attached hydrogens (primary N) is 1. The van der Waals surface area contributed by atoms with E-state index in [-0.39, 0.29) is 10.9 Å². The van der Waals surface area contributed by atoms with Gasteiger partial charge in [0, 0.05) is 11.5 Å². The molecule has 0 atom stereocenters. The van der Waals surface area contributed by atoms with E-state index in [2.05, 4.69) is 20.9 Å². The highest BCUT2D eigenvalue weighted by molar-refractivity contribution is 9.08. The van der Waals surface area contributed by atoms with Gasteiger partial charge in [0.15, 0.2) is 0 Å². The summed E-state index contributed by atoms with van der Waals surface area (Å²) in [5.74, 6) is -0.500.